The number of hydrogen-bond donors (Lipinski definition) is 0. The summed E-state index contributed by atoms with van der Waals surface area (Å²) in [6, 6.07) is 0. The lowest BCUT2D eigenvalue weighted by molar-refractivity contribution is -0.134. The Kier molecular flexibility index (Phi) is 4.42. The Balaban J connectivity index is 3.84. The summed E-state index contributed by atoms with van der Waals surface area (Å²) < 4.78 is 0. The predicted octanol–water partition coefficient (Wildman–Crippen LogP) is 1.89. The lowest BCUT2D eigenvalue weighted by Crippen LogP contribution is -2.13. The van der Waals surface area contributed by atoms with E-state index in [-0.39, 0.29) is 5.78 Å². The number of hydrogen-bond acceptors (Lipinski definition) is 2. The Bertz CT molecular complexity index is 180. The van der Waals surface area contributed by atoms with Gasteiger partial charge in [0.05, 0.1) is 0 Å². The van der Waals surface area contributed by atoms with E-state index in [9.17, 15) is 9.59 Å². The highest BCUT2D eigenvalue weighted by molar-refractivity contribution is 6.43. The highest BCUT2D eigenvalue weighted by Gasteiger charge is 2.12. The average Bonchev–Trinajstić information content (AvgIpc) is 1.98. The lowest BCUT2D eigenvalue weighted by Gasteiger charge is -1.96. The van der Waals surface area contributed by atoms with Gasteiger partial charge in [-0.15, -0.1) is 0 Å². The summed E-state index contributed by atoms with van der Waals surface area (Å²) in [5.74, 6) is -0.724. The van der Waals surface area contributed by atoms with E-state index in [0.29, 0.717) is 12.0 Å². The van der Waals surface area contributed by atoms with Gasteiger partial charge in [-0.1, -0.05) is 19.9 Å². The van der Waals surface area contributed by atoms with E-state index in [1.54, 1.807) is 6.92 Å². The maximum atomic E-state index is 10.9. The van der Waals surface area contributed by atoms with Gasteiger partial charge in [-0.05, 0) is 18.9 Å². The molecule has 0 atom stereocenters. The van der Waals surface area contributed by atoms with Crippen molar-refractivity contribution in [3.63, 3.8) is 0 Å². The molecule has 0 radical (unpaired) electrons. The molecule has 0 aromatic heterocycles. The number of unbranched alkanes of at least 4 members (excludes halogenated alkanes) is 1. The first-order chi connectivity index (χ1) is 5.09. The van der Waals surface area contributed by atoms with Gasteiger partial charge in [-0.3, -0.25) is 9.59 Å². The van der Waals surface area contributed by atoms with E-state index in [1.165, 1.54) is 0 Å². The van der Waals surface area contributed by atoms with Gasteiger partial charge in [0.25, 0.3) is 0 Å². The molecule has 0 aliphatic carbocycles. The summed E-state index contributed by atoms with van der Waals surface area (Å²) in [6.45, 7) is 6.96. The van der Waals surface area contributed by atoms with Gasteiger partial charge in [-0.25, -0.2) is 0 Å². The summed E-state index contributed by atoms with van der Waals surface area (Å²) in [5, 5.41) is 0. The van der Waals surface area contributed by atoms with E-state index in [2.05, 4.69) is 6.58 Å². The van der Waals surface area contributed by atoms with Crippen molar-refractivity contribution in [2.24, 2.45) is 0 Å². The first kappa shape index (κ1) is 10.1. The monoisotopic (exact) mass is 154 g/mol. The van der Waals surface area contributed by atoms with Gasteiger partial charge in [0.2, 0.25) is 11.6 Å². The molecule has 2 heteroatoms. The zero-order valence-corrected chi connectivity index (χ0v) is 7.14. The summed E-state index contributed by atoms with van der Waals surface area (Å²) in [5.41, 5.74) is 0.339. The number of Topliss-reactive ketones (excluding diaryl/α,β-unsaturated/α-hetero) is 2. The third-order valence-corrected chi connectivity index (χ3v) is 1.40. The molecule has 0 amide bonds. The van der Waals surface area contributed by atoms with Gasteiger partial charge >= 0.3 is 0 Å². The molecular formula is C9H14O2. The Morgan fingerprint density at radius 3 is 2.27 bits per heavy atom. The van der Waals surface area contributed by atoms with E-state index in [4.69, 9.17) is 0 Å². The Hall–Kier alpha value is -0.920. The van der Waals surface area contributed by atoms with Crippen LogP contribution in [0.25, 0.3) is 0 Å². The van der Waals surface area contributed by atoms with Crippen molar-refractivity contribution >= 4 is 11.6 Å². The molecule has 0 aromatic carbocycles. The summed E-state index contributed by atoms with van der Waals surface area (Å²) in [7, 11) is 0. The largest absolute Gasteiger partial charge is 0.291 e. The average molecular weight is 154 g/mol. The molecule has 0 bridgehead atoms. The van der Waals surface area contributed by atoms with Crippen molar-refractivity contribution in [2.75, 3.05) is 0 Å². The number of allylic oxidation sites excluding steroid dienone is 1. The molecule has 0 aliphatic rings. The molecule has 0 rings (SSSR count). The zero-order valence-electron chi connectivity index (χ0n) is 7.14. The SMILES string of the molecule is C=C(C)C(=O)C(=O)CCCC. The second kappa shape index (κ2) is 4.83. The lowest BCUT2D eigenvalue weighted by atomic mass is 10.1. The topological polar surface area (TPSA) is 34.1 Å². The third-order valence-electron chi connectivity index (χ3n) is 1.40. The van der Waals surface area contributed by atoms with Gasteiger partial charge in [0.15, 0.2) is 0 Å². The minimum Gasteiger partial charge on any atom is -0.291 e. The molecule has 0 saturated heterocycles. The molecule has 0 saturated carbocycles. The van der Waals surface area contributed by atoms with Gasteiger partial charge in [0.1, 0.15) is 0 Å². The number of rotatable bonds is 5. The molecular weight excluding hydrogens is 140 g/mol. The fourth-order valence-corrected chi connectivity index (χ4v) is 0.689. The second-order valence-electron chi connectivity index (χ2n) is 2.64. The molecule has 0 aromatic rings. The normalized spacial score (nSPS) is 9.27. The summed E-state index contributed by atoms with van der Waals surface area (Å²) in [6.07, 6.45) is 2.09. The third kappa shape index (κ3) is 3.71. The van der Waals surface area contributed by atoms with Crippen LogP contribution >= 0.6 is 0 Å². The van der Waals surface area contributed by atoms with Crippen molar-refractivity contribution in [1.82, 2.24) is 0 Å². The van der Waals surface area contributed by atoms with Crippen LogP contribution in [0.4, 0.5) is 0 Å². The van der Waals surface area contributed by atoms with Crippen LogP contribution in [0.1, 0.15) is 33.1 Å². The standard InChI is InChI=1S/C9H14O2/c1-4-5-6-8(10)9(11)7(2)3/h2,4-6H2,1,3H3. The first-order valence-electron chi connectivity index (χ1n) is 3.82. The molecule has 0 spiro atoms. The van der Waals surface area contributed by atoms with Gasteiger partial charge in [0, 0.05) is 6.42 Å². The predicted molar refractivity (Wildman–Crippen MR) is 44.4 cm³/mol. The number of carbonyl (C=O) groups is 2. The van der Waals surface area contributed by atoms with Gasteiger partial charge in [-0.2, -0.15) is 0 Å². The van der Waals surface area contributed by atoms with Crippen LogP contribution in [0.5, 0.6) is 0 Å². The number of carbonyl (C=O) groups excluding carboxylic acids is 2. The van der Waals surface area contributed by atoms with Crippen LogP contribution in [-0.4, -0.2) is 11.6 Å². The van der Waals surface area contributed by atoms with E-state index in [0.717, 1.165) is 12.8 Å². The zero-order chi connectivity index (χ0) is 8.85. The minimum atomic E-state index is -0.418. The van der Waals surface area contributed by atoms with Crippen molar-refractivity contribution in [3.05, 3.63) is 12.2 Å². The fourth-order valence-electron chi connectivity index (χ4n) is 0.689. The highest BCUT2D eigenvalue weighted by atomic mass is 16.2. The molecule has 2 nitrogen and oxygen atoms in total. The molecule has 0 aliphatic heterocycles. The quantitative estimate of drug-likeness (QED) is 0.447. The molecule has 0 heterocycles. The molecule has 62 valence electrons. The summed E-state index contributed by atoms with van der Waals surface area (Å²) >= 11 is 0. The number of ketones is 2. The van der Waals surface area contributed by atoms with Crippen LogP contribution in [-0.2, 0) is 9.59 Å². The van der Waals surface area contributed by atoms with E-state index in [1.807, 2.05) is 6.92 Å². The maximum absolute atomic E-state index is 10.9. The maximum Gasteiger partial charge on any atom is 0.223 e. The van der Waals surface area contributed by atoms with E-state index < -0.39 is 5.78 Å². The molecule has 0 fully saturated rings. The Morgan fingerprint density at radius 2 is 1.91 bits per heavy atom. The van der Waals surface area contributed by atoms with E-state index >= 15 is 0 Å². The fraction of sp³-hybridized carbons (Fsp3) is 0.556. The second-order valence-corrected chi connectivity index (χ2v) is 2.64. The van der Waals surface area contributed by atoms with Crippen molar-refractivity contribution in [2.45, 2.75) is 33.1 Å². The van der Waals surface area contributed by atoms with Crippen molar-refractivity contribution < 1.29 is 9.59 Å². The van der Waals surface area contributed by atoms with Gasteiger partial charge < -0.3 is 0 Å². The molecule has 0 unspecified atom stereocenters. The van der Waals surface area contributed by atoms with Crippen LogP contribution in [0.3, 0.4) is 0 Å². The van der Waals surface area contributed by atoms with Crippen LogP contribution in [0.15, 0.2) is 12.2 Å². The van der Waals surface area contributed by atoms with Crippen LogP contribution in [0, 0.1) is 0 Å². The van der Waals surface area contributed by atoms with Crippen LogP contribution in [0.2, 0.25) is 0 Å². The van der Waals surface area contributed by atoms with Crippen molar-refractivity contribution in [3.8, 4) is 0 Å². The smallest absolute Gasteiger partial charge is 0.223 e. The summed E-state index contributed by atoms with van der Waals surface area (Å²) in [4.78, 5) is 21.8. The Labute approximate surface area is 67.3 Å². The highest BCUT2D eigenvalue weighted by Crippen LogP contribution is 2.00. The molecule has 11 heavy (non-hydrogen) atoms. The van der Waals surface area contributed by atoms with Crippen molar-refractivity contribution in [1.29, 1.82) is 0 Å². The Morgan fingerprint density at radius 1 is 1.36 bits per heavy atom. The minimum absolute atomic E-state index is 0.306. The molecule has 0 N–H and O–H groups in total. The first-order valence-corrected chi connectivity index (χ1v) is 3.82. The van der Waals surface area contributed by atoms with Crippen LogP contribution < -0.4 is 0 Å².